The molecule has 0 saturated carbocycles. The number of rotatable bonds is 6. The lowest BCUT2D eigenvalue weighted by molar-refractivity contribution is 1.67. The third-order valence-electron chi connectivity index (χ3n) is 26.4. The standard InChI is InChI=1S/2C46H26.C42H24/c2*1-2-10-37-27(5-1)11-16-34-25-35(36-21-17-32-14-12-28-6-3-8-30-19-23-39(36)45(32)42(28)30)26-41(44(34)37)38-22-18-33-15-13-29-7-4-9-31-20-24-40(38)46(33)43(29)31;1-2-10-33-31(5-1)23-32(34-19-15-29-13-11-25-6-3-8-27-17-21-36(34)41(29)39(25)27)24-38(33)35-20-16-30-14-12-26-7-4-9-28-18-22-37(35)42(30)40(26)28/h2*1-26H;1-24H/i1D,2D,3D,4D,5D,6D,7D,8D,9D,10D,11D,12D,13D,14D,15D,16D,17D,18D,19D,20D,21D,22D,23D,24D,25D,26D;3D,4D,6D,7D,8D,9D,12D,13D,14D,15D,17D,18D,19D,20D,21D,22D,23D,24D;1D,2D,5D,10D,23D,24D. The Morgan fingerprint density at radius 1 is 0.112 bits per heavy atom. The van der Waals surface area contributed by atoms with Crippen LogP contribution in [-0.4, -0.2) is 0 Å². The predicted octanol–water partition coefficient (Wildman–Crippen LogP) is 38.2. The highest BCUT2D eigenvalue weighted by Gasteiger charge is 2.25. The van der Waals surface area contributed by atoms with Crippen molar-refractivity contribution >= 4 is 248 Å². The van der Waals surface area contributed by atoms with Crippen molar-refractivity contribution in [3.63, 3.8) is 0 Å². The van der Waals surface area contributed by atoms with Gasteiger partial charge in [-0.2, -0.15) is 0 Å². The second kappa shape index (κ2) is 28.1. The largest absolute Gasteiger partial charge is 0.0636 e. The van der Waals surface area contributed by atoms with Crippen LogP contribution in [0, 0.1) is 0 Å². The van der Waals surface area contributed by atoms with Crippen LogP contribution in [0.3, 0.4) is 0 Å². The minimum absolute atomic E-state index is 0.00450. The van der Waals surface area contributed by atoms with Gasteiger partial charge in [-0.05, 0) is 351 Å². The maximum Gasteiger partial charge on any atom is 0.0636 e. The van der Waals surface area contributed by atoms with Gasteiger partial charge in [0.2, 0.25) is 0 Å². The lowest BCUT2D eigenvalue weighted by Crippen LogP contribution is -1.91. The van der Waals surface area contributed by atoms with Crippen LogP contribution < -0.4 is 0 Å². The van der Waals surface area contributed by atoms with Gasteiger partial charge in [0.15, 0.2) is 0 Å². The monoisotopic (exact) mass is 1730 g/mol. The van der Waals surface area contributed by atoms with E-state index in [0.717, 1.165) is 70.0 Å². The molecule has 0 radical (unpaired) electrons. The first-order chi connectivity index (χ1) is 87.3. The zero-order valence-corrected chi connectivity index (χ0v) is 69.0. The topological polar surface area (TPSA) is 0 Å². The molecule has 32 rings (SSSR count). The van der Waals surface area contributed by atoms with E-state index in [1.807, 2.05) is 60.7 Å². The summed E-state index contributed by atoms with van der Waals surface area (Å²) < 4.78 is 457. The van der Waals surface area contributed by atoms with Gasteiger partial charge >= 0.3 is 0 Å². The summed E-state index contributed by atoms with van der Waals surface area (Å²) in [6, 6.07) is 19.1. The molecular weight excluding hydrogens is 1610 g/mol. The van der Waals surface area contributed by atoms with E-state index in [9.17, 15) is 31.5 Å². The number of hydrogen-bond acceptors (Lipinski definition) is 0. The summed E-state index contributed by atoms with van der Waals surface area (Å²) in [4.78, 5) is 0. The highest BCUT2D eigenvalue weighted by atomic mass is 14.3. The average Bonchev–Trinajstić information content (AvgIpc) is 0.678. The third-order valence-corrected chi connectivity index (χ3v) is 26.4. The Balaban J connectivity index is 0.000000121. The number of fused-ring (bicyclic) bond motifs is 7. The summed E-state index contributed by atoms with van der Waals surface area (Å²) in [6.45, 7) is 0. The smallest absolute Gasteiger partial charge is 0.0616 e. The van der Waals surface area contributed by atoms with Gasteiger partial charge < -0.3 is 0 Å². The van der Waals surface area contributed by atoms with E-state index in [4.69, 9.17) is 37.0 Å². The summed E-state index contributed by atoms with van der Waals surface area (Å²) in [7, 11) is 0. The summed E-state index contributed by atoms with van der Waals surface area (Å²) >= 11 is 0. The van der Waals surface area contributed by atoms with Crippen LogP contribution in [0.5, 0.6) is 0 Å². The normalized spacial score (nSPS) is 17.6. The van der Waals surface area contributed by atoms with Gasteiger partial charge in [0, 0.05) is 0 Å². The Morgan fingerprint density at radius 3 is 0.948 bits per heavy atom. The molecular formula is C134H76. The van der Waals surface area contributed by atoms with Crippen molar-refractivity contribution in [3.05, 3.63) is 460 Å². The molecule has 0 atom stereocenters. The third kappa shape index (κ3) is 10.7. The lowest BCUT2D eigenvalue weighted by Gasteiger charge is -2.19. The molecule has 134 heavy (non-hydrogen) atoms. The Hall–Kier alpha value is -17.4. The van der Waals surface area contributed by atoms with Crippen LogP contribution in [0.4, 0.5) is 0 Å². The van der Waals surface area contributed by atoms with Gasteiger partial charge in [0.1, 0.15) is 0 Å². The van der Waals surface area contributed by atoms with Gasteiger partial charge in [-0.15, -0.1) is 0 Å². The molecule has 0 amide bonds. The summed E-state index contributed by atoms with van der Waals surface area (Å²) in [5, 5.41) is 6.35. The summed E-state index contributed by atoms with van der Waals surface area (Å²) in [5.74, 6) is 0. The Morgan fingerprint density at radius 2 is 0.425 bits per heavy atom. The van der Waals surface area contributed by atoms with Crippen molar-refractivity contribution in [1.29, 1.82) is 0 Å². The first-order valence-electron chi connectivity index (χ1n) is 67.8. The molecule has 0 spiro atoms. The molecule has 0 bridgehead atoms. The van der Waals surface area contributed by atoms with Gasteiger partial charge in [-0.25, -0.2) is 0 Å². The van der Waals surface area contributed by atoms with Crippen LogP contribution in [-0.2, 0) is 0 Å². The van der Waals surface area contributed by atoms with Gasteiger partial charge in [0.05, 0.1) is 68.5 Å². The Bertz CT molecular complexity index is 13800. The maximum atomic E-state index is 10.3. The molecule has 0 heterocycles. The van der Waals surface area contributed by atoms with E-state index in [0.29, 0.717) is 38.4 Å². The van der Waals surface area contributed by atoms with Crippen molar-refractivity contribution in [3.8, 4) is 66.8 Å². The van der Waals surface area contributed by atoms with Crippen LogP contribution >= 0.6 is 0 Å². The molecule has 0 aliphatic heterocycles. The average molecular weight is 1740 g/mol. The molecule has 0 saturated heterocycles. The first kappa shape index (κ1) is 40.7. The fourth-order valence-electron chi connectivity index (χ4n) is 20.6. The highest BCUT2D eigenvalue weighted by molar-refractivity contribution is 6.35. The van der Waals surface area contributed by atoms with Gasteiger partial charge in [0.25, 0.3) is 0 Å². The number of hydrogen-bond donors (Lipinski definition) is 0. The van der Waals surface area contributed by atoms with Crippen LogP contribution in [0.1, 0.15) is 68.5 Å². The molecule has 32 aromatic carbocycles. The first-order valence-corrected chi connectivity index (χ1v) is 42.8. The number of benzene rings is 32. The van der Waals surface area contributed by atoms with E-state index >= 15 is 0 Å². The highest BCUT2D eigenvalue weighted by Crippen LogP contribution is 2.53. The maximum absolute atomic E-state index is 10.3. The van der Waals surface area contributed by atoms with Gasteiger partial charge in [-0.1, -0.05) is 424 Å². The van der Waals surface area contributed by atoms with Crippen molar-refractivity contribution < 1.29 is 68.5 Å². The Labute approximate surface area is 840 Å². The molecule has 612 valence electrons. The zero-order chi connectivity index (χ0) is 131. The fourth-order valence-corrected chi connectivity index (χ4v) is 20.6. The van der Waals surface area contributed by atoms with E-state index in [1.165, 1.54) is 0 Å². The summed E-state index contributed by atoms with van der Waals surface area (Å²) in [6.07, 6.45) is 0. The quantitative estimate of drug-likeness (QED) is 0.146. The molecule has 0 aliphatic carbocycles. The molecule has 0 N–H and O–H groups in total. The van der Waals surface area contributed by atoms with Crippen LogP contribution in [0.2, 0.25) is 0 Å². The van der Waals surface area contributed by atoms with Crippen molar-refractivity contribution in [2.45, 2.75) is 0 Å². The molecule has 0 aliphatic rings. The molecule has 0 fully saturated rings. The van der Waals surface area contributed by atoms with E-state index in [-0.39, 0.29) is 155 Å². The lowest BCUT2D eigenvalue weighted by atomic mass is 9.84. The van der Waals surface area contributed by atoms with Crippen LogP contribution in [0.25, 0.3) is 315 Å². The van der Waals surface area contributed by atoms with E-state index < -0.39 is 353 Å². The zero-order valence-electron chi connectivity index (χ0n) is 119. The van der Waals surface area contributed by atoms with Crippen molar-refractivity contribution in [1.82, 2.24) is 0 Å². The second-order valence-corrected chi connectivity index (χ2v) is 33.3. The molecule has 0 unspecified atom stereocenters. The minimum atomic E-state index is -1.01. The van der Waals surface area contributed by atoms with Crippen molar-refractivity contribution in [2.24, 2.45) is 0 Å². The minimum Gasteiger partial charge on any atom is -0.0616 e. The molecule has 32 aromatic rings. The van der Waals surface area contributed by atoms with E-state index in [1.54, 1.807) is 24.3 Å². The molecule has 0 nitrogen and oxygen atoms in total. The van der Waals surface area contributed by atoms with Gasteiger partial charge in [-0.3, -0.25) is 0 Å². The molecule has 0 aromatic heterocycles. The van der Waals surface area contributed by atoms with Crippen LogP contribution in [0.15, 0.2) is 460 Å². The SMILES string of the molecule is [2H]c1c([2H])c([2H])c2c(-c3ccc4ccc5cccc6ccc3c4c56)c([2H])c(-c3ccc4ccc5cccc6ccc3c4c56)c([2H])c2c1[2H].[2H]c1c([2H])c([2H])c2c(c1[2H])c([2H])c([2H])c1c([2H])c(-c3c([2H])c([2H])c4c([2H])c([2H])c5c([2H])c([2H])c([2H])c6c([2H])c([2H])c3c4c56)c([2H])c(-c3c([2H])c([2H])c4c([2H])c([2H])c5c([2H])c([2H])c([2H])c6c([2H])c([2H])c3c4c56)c12.[2H]c1c([2H])c2c([2H])c([2H])c3c([2H])c([2H])c(-c4cc(-c5c([2H])c([2H])c6c([2H])c([2H])c7c([2H])c([2H])c([2H])c8c([2H])c([2H])c5c6c78)c5c(ccc6ccccc65)c4)c4c([2H])c([2H])c(c1[2H])c2c34. The Kier molecular flexibility index (Phi) is 8.52. The second-order valence-electron chi connectivity index (χ2n) is 33.3. The fraction of sp³-hybridized carbons (Fsp3) is 0. The predicted molar refractivity (Wildman–Crippen MR) is 582 cm³/mol. The summed E-state index contributed by atoms with van der Waals surface area (Å²) in [5.41, 5.74) is -0.552. The molecule has 0 heteroatoms. The van der Waals surface area contributed by atoms with Crippen molar-refractivity contribution in [2.75, 3.05) is 0 Å². The van der Waals surface area contributed by atoms with E-state index in [2.05, 4.69) is 72.8 Å².